The second-order valence-corrected chi connectivity index (χ2v) is 5.36. The Hall–Kier alpha value is -1.28. The predicted molar refractivity (Wildman–Crippen MR) is 72.5 cm³/mol. The second-order valence-electron chi connectivity index (χ2n) is 5.36. The molecular weight excluding hydrogens is 208 g/mol. The van der Waals surface area contributed by atoms with Crippen molar-refractivity contribution in [1.29, 1.82) is 0 Å². The first-order chi connectivity index (χ1) is 8.18. The predicted octanol–water partition coefficient (Wildman–Crippen LogP) is 3.18. The number of benzene rings is 1. The van der Waals surface area contributed by atoms with E-state index in [2.05, 4.69) is 48.9 Å². The lowest BCUT2D eigenvalue weighted by molar-refractivity contribution is 0.520. The molecule has 17 heavy (non-hydrogen) atoms. The van der Waals surface area contributed by atoms with E-state index in [1.165, 1.54) is 27.7 Å². The first-order valence-corrected chi connectivity index (χ1v) is 6.51. The van der Waals surface area contributed by atoms with Gasteiger partial charge in [0.2, 0.25) is 0 Å². The van der Waals surface area contributed by atoms with Crippen LogP contribution < -0.4 is 5.32 Å². The normalized spacial score (nSPS) is 15.5. The van der Waals surface area contributed by atoms with Crippen LogP contribution in [0.3, 0.4) is 0 Å². The van der Waals surface area contributed by atoms with E-state index in [9.17, 15) is 0 Å². The molecule has 3 rings (SSSR count). The molecule has 2 heteroatoms. The van der Waals surface area contributed by atoms with Gasteiger partial charge in [-0.1, -0.05) is 25.5 Å². The fourth-order valence-corrected chi connectivity index (χ4v) is 3.04. The summed E-state index contributed by atoms with van der Waals surface area (Å²) in [5.74, 6) is 0.593. The van der Waals surface area contributed by atoms with E-state index in [-0.39, 0.29) is 0 Å². The molecule has 1 aliphatic heterocycles. The van der Waals surface area contributed by atoms with E-state index in [1.54, 1.807) is 0 Å². The number of fused-ring (bicyclic) bond motifs is 3. The van der Waals surface area contributed by atoms with Gasteiger partial charge in [-0.25, -0.2) is 0 Å². The number of nitrogens with zero attached hydrogens (tertiary/aromatic N) is 1. The summed E-state index contributed by atoms with van der Waals surface area (Å²) < 4.78 is 2.50. The minimum atomic E-state index is 0.593. The molecule has 1 aromatic carbocycles. The number of nitrogens with one attached hydrogen (secondary N) is 1. The highest BCUT2D eigenvalue weighted by Gasteiger charge is 2.20. The molecule has 0 radical (unpaired) electrons. The van der Waals surface area contributed by atoms with Crippen LogP contribution in [0.25, 0.3) is 10.9 Å². The molecular formula is C15H20N2. The SMILES string of the molecule is Cc1ccc2c(c1)c(C(C)C)c1n2CCNC1. The summed E-state index contributed by atoms with van der Waals surface area (Å²) in [4.78, 5) is 0. The van der Waals surface area contributed by atoms with Crippen molar-refractivity contribution in [1.82, 2.24) is 9.88 Å². The highest BCUT2D eigenvalue weighted by molar-refractivity contribution is 5.87. The van der Waals surface area contributed by atoms with Gasteiger partial charge in [-0.05, 0) is 30.5 Å². The van der Waals surface area contributed by atoms with Gasteiger partial charge in [0.15, 0.2) is 0 Å². The summed E-state index contributed by atoms with van der Waals surface area (Å²) in [5.41, 5.74) is 5.80. The Bertz CT molecular complexity index is 564. The van der Waals surface area contributed by atoms with Gasteiger partial charge >= 0.3 is 0 Å². The molecule has 0 amide bonds. The summed E-state index contributed by atoms with van der Waals surface area (Å²) in [5, 5.41) is 4.95. The van der Waals surface area contributed by atoms with Crippen LogP contribution in [0.4, 0.5) is 0 Å². The van der Waals surface area contributed by atoms with Crippen molar-refractivity contribution >= 4 is 10.9 Å². The maximum absolute atomic E-state index is 3.49. The number of aryl methyl sites for hydroxylation is 1. The average molecular weight is 228 g/mol. The van der Waals surface area contributed by atoms with Gasteiger partial charge in [0.1, 0.15) is 0 Å². The summed E-state index contributed by atoms with van der Waals surface area (Å²) in [6.45, 7) is 9.97. The summed E-state index contributed by atoms with van der Waals surface area (Å²) >= 11 is 0. The van der Waals surface area contributed by atoms with E-state index in [1.807, 2.05) is 0 Å². The molecule has 0 fully saturated rings. The molecule has 1 aromatic heterocycles. The quantitative estimate of drug-likeness (QED) is 0.793. The lowest BCUT2D eigenvalue weighted by Gasteiger charge is -2.19. The highest BCUT2D eigenvalue weighted by Crippen LogP contribution is 2.33. The Kier molecular flexibility index (Phi) is 2.48. The van der Waals surface area contributed by atoms with Gasteiger partial charge in [-0.3, -0.25) is 0 Å². The van der Waals surface area contributed by atoms with Crippen molar-refractivity contribution in [3.05, 3.63) is 35.0 Å². The largest absolute Gasteiger partial charge is 0.342 e. The van der Waals surface area contributed by atoms with Crippen LogP contribution >= 0.6 is 0 Å². The van der Waals surface area contributed by atoms with E-state index in [0.29, 0.717) is 5.92 Å². The lowest BCUT2D eigenvalue weighted by Crippen LogP contribution is -2.28. The van der Waals surface area contributed by atoms with Crippen LogP contribution in [0.15, 0.2) is 18.2 Å². The molecule has 1 aliphatic rings. The first-order valence-electron chi connectivity index (χ1n) is 6.51. The van der Waals surface area contributed by atoms with E-state index in [0.717, 1.165) is 19.6 Å². The van der Waals surface area contributed by atoms with Crippen molar-refractivity contribution in [2.45, 2.75) is 39.8 Å². The van der Waals surface area contributed by atoms with Gasteiger partial charge in [-0.15, -0.1) is 0 Å². The Morgan fingerprint density at radius 2 is 2.12 bits per heavy atom. The molecule has 2 nitrogen and oxygen atoms in total. The fraction of sp³-hybridized carbons (Fsp3) is 0.467. The number of aromatic nitrogens is 1. The fourth-order valence-electron chi connectivity index (χ4n) is 3.04. The van der Waals surface area contributed by atoms with Crippen molar-refractivity contribution in [2.75, 3.05) is 6.54 Å². The Balaban J connectivity index is 2.38. The minimum Gasteiger partial charge on any atom is -0.342 e. The van der Waals surface area contributed by atoms with Crippen molar-refractivity contribution in [3.63, 3.8) is 0 Å². The summed E-state index contributed by atoms with van der Waals surface area (Å²) in [6.07, 6.45) is 0. The van der Waals surface area contributed by atoms with Gasteiger partial charge in [-0.2, -0.15) is 0 Å². The Morgan fingerprint density at radius 1 is 1.29 bits per heavy atom. The monoisotopic (exact) mass is 228 g/mol. The topological polar surface area (TPSA) is 17.0 Å². The molecule has 0 unspecified atom stereocenters. The molecule has 0 bridgehead atoms. The summed E-state index contributed by atoms with van der Waals surface area (Å²) in [6, 6.07) is 6.85. The number of hydrogen-bond acceptors (Lipinski definition) is 1. The first kappa shape index (κ1) is 10.8. The summed E-state index contributed by atoms with van der Waals surface area (Å²) in [7, 11) is 0. The molecule has 2 heterocycles. The minimum absolute atomic E-state index is 0.593. The van der Waals surface area contributed by atoms with Gasteiger partial charge in [0, 0.05) is 36.2 Å². The molecule has 0 aliphatic carbocycles. The molecule has 0 saturated heterocycles. The molecule has 2 aromatic rings. The third-order valence-corrected chi connectivity index (χ3v) is 3.75. The van der Waals surface area contributed by atoms with Crippen LogP contribution in [0, 0.1) is 6.92 Å². The smallest absolute Gasteiger partial charge is 0.0486 e. The molecule has 0 atom stereocenters. The van der Waals surface area contributed by atoms with Crippen LogP contribution in [0.5, 0.6) is 0 Å². The van der Waals surface area contributed by atoms with E-state index < -0.39 is 0 Å². The van der Waals surface area contributed by atoms with Crippen LogP contribution in [-0.2, 0) is 13.1 Å². The third kappa shape index (κ3) is 1.59. The zero-order valence-electron chi connectivity index (χ0n) is 10.9. The van der Waals surface area contributed by atoms with Crippen LogP contribution in [0.1, 0.15) is 36.6 Å². The zero-order valence-corrected chi connectivity index (χ0v) is 10.9. The Labute approximate surface area is 103 Å². The Morgan fingerprint density at radius 3 is 2.88 bits per heavy atom. The van der Waals surface area contributed by atoms with Crippen molar-refractivity contribution < 1.29 is 0 Å². The lowest BCUT2D eigenvalue weighted by atomic mass is 9.98. The maximum atomic E-state index is 3.49. The average Bonchev–Trinajstić information content (AvgIpc) is 2.62. The van der Waals surface area contributed by atoms with Gasteiger partial charge in [0.05, 0.1) is 0 Å². The molecule has 90 valence electrons. The van der Waals surface area contributed by atoms with Crippen LogP contribution in [0.2, 0.25) is 0 Å². The maximum Gasteiger partial charge on any atom is 0.0486 e. The zero-order chi connectivity index (χ0) is 12.0. The molecule has 0 saturated carbocycles. The highest BCUT2D eigenvalue weighted by atomic mass is 15.1. The molecule has 1 N–H and O–H groups in total. The standard InChI is InChI=1S/C15H20N2/c1-10(2)15-12-8-11(3)4-5-13(12)17-7-6-16-9-14(15)17/h4-5,8,10,16H,6-7,9H2,1-3H3. The number of rotatable bonds is 1. The number of hydrogen-bond donors (Lipinski definition) is 1. The second kappa shape index (κ2) is 3.88. The van der Waals surface area contributed by atoms with Gasteiger partial charge in [0.25, 0.3) is 0 Å². The van der Waals surface area contributed by atoms with Crippen LogP contribution in [-0.4, -0.2) is 11.1 Å². The van der Waals surface area contributed by atoms with Gasteiger partial charge < -0.3 is 9.88 Å². The van der Waals surface area contributed by atoms with Crippen molar-refractivity contribution in [3.8, 4) is 0 Å². The third-order valence-electron chi connectivity index (χ3n) is 3.75. The van der Waals surface area contributed by atoms with E-state index in [4.69, 9.17) is 0 Å². The van der Waals surface area contributed by atoms with E-state index >= 15 is 0 Å². The van der Waals surface area contributed by atoms with Crippen molar-refractivity contribution in [2.24, 2.45) is 0 Å². The molecule has 0 spiro atoms.